The van der Waals surface area contributed by atoms with Crippen molar-refractivity contribution in [2.45, 2.75) is 78.6 Å². The lowest BCUT2D eigenvalue weighted by Crippen LogP contribution is -2.61. The minimum atomic E-state index is -0.0252. The highest BCUT2D eigenvalue weighted by Gasteiger charge is 2.44. The largest absolute Gasteiger partial charge is 0.456 e. The van der Waals surface area contributed by atoms with E-state index in [4.69, 9.17) is 4.42 Å². The molecule has 0 atom stereocenters. The first-order chi connectivity index (χ1) is 27.7. The Morgan fingerprint density at radius 2 is 1.03 bits per heavy atom. The van der Waals surface area contributed by atoms with Crippen LogP contribution in [0.3, 0.4) is 0 Å². The summed E-state index contributed by atoms with van der Waals surface area (Å²) in [4.78, 5) is 5.05. The molecule has 286 valence electrons. The van der Waals surface area contributed by atoms with Crippen LogP contribution in [-0.4, -0.2) is 6.71 Å². The van der Waals surface area contributed by atoms with E-state index in [-0.39, 0.29) is 23.0 Å². The van der Waals surface area contributed by atoms with Gasteiger partial charge in [0.15, 0.2) is 0 Å². The molecule has 0 N–H and O–H groups in total. The number of anilines is 6. The summed E-state index contributed by atoms with van der Waals surface area (Å²) in [6, 6.07) is 54.6. The second-order valence-corrected chi connectivity index (χ2v) is 19.5. The van der Waals surface area contributed by atoms with Crippen LogP contribution in [0, 0.1) is 0 Å². The molecule has 0 saturated heterocycles. The van der Waals surface area contributed by atoms with Gasteiger partial charge in [0, 0.05) is 44.9 Å². The Labute approximate surface area is 344 Å². The summed E-state index contributed by atoms with van der Waals surface area (Å²) in [5.74, 6) is 0. The summed E-state index contributed by atoms with van der Waals surface area (Å²) >= 11 is 0. The van der Waals surface area contributed by atoms with Crippen LogP contribution in [0.2, 0.25) is 0 Å². The van der Waals surface area contributed by atoms with Crippen LogP contribution in [-0.2, 0) is 16.2 Å². The molecule has 0 unspecified atom stereocenters. The van der Waals surface area contributed by atoms with Crippen LogP contribution >= 0.6 is 0 Å². The van der Waals surface area contributed by atoms with E-state index < -0.39 is 0 Å². The maximum Gasteiger partial charge on any atom is 0.252 e. The van der Waals surface area contributed by atoms with E-state index >= 15 is 0 Å². The fraction of sp³-hybridized carbons (Fsp3) is 0.222. The van der Waals surface area contributed by atoms with Crippen molar-refractivity contribution in [2.75, 3.05) is 9.80 Å². The number of benzene rings is 7. The third-order valence-corrected chi connectivity index (χ3v) is 12.5. The molecule has 0 bridgehead atoms. The van der Waals surface area contributed by atoms with Crippen molar-refractivity contribution in [2.24, 2.45) is 0 Å². The molecule has 7 aromatic carbocycles. The van der Waals surface area contributed by atoms with Crippen LogP contribution < -0.4 is 26.2 Å². The molecule has 1 aromatic heterocycles. The van der Waals surface area contributed by atoms with E-state index in [9.17, 15) is 0 Å². The second-order valence-electron chi connectivity index (χ2n) is 19.5. The Kier molecular flexibility index (Phi) is 7.99. The molecule has 10 rings (SSSR count). The van der Waals surface area contributed by atoms with E-state index in [2.05, 4.69) is 212 Å². The van der Waals surface area contributed by atoms with Crippen molar-refractivity contribution < 1.29 is 4.42 Å². The number of para-hydroxylation sites is 1. The second kappa shape index (κ2) is 12.8. The first kappa shape index (κ1) is 36.4. The molecule has 2 aliphatic heterocycles. The van der Waals surface area contributed by atoms with E-state index in [1.807, 2.05) is 6.07 Å². The number of hydrogen-bond acceptors (Lipinski definition) is 3. The SMILES string of the molecule is CC(C)(C)c1ccc(N2c3ccc(C(C)(C)C)cc3B3c4ccc(C(C)(C)C)cc4N(c4cccc(-c5cccc6oc7ccccc7c56)c4)c4cccc2c43)cc1. The molecule has 58 heavy (non-hydrogen) atoms. The summed E-state index contributed by atoms with van der Waals surface area (Å²) in [6.45, 7) is 20.8. The van der Waals surface area contributed by atoms with Crippen molar-refractivity contribution >= 4 is 79.2 Å². The molecule has 4 heteroatoms. The van der Waals surface area contributed by atoms with Crippen LogP contribution in [0.5, 0.6) is 0 Å². The monoisotopic (exact) mass is 754 g/mol. The van der Waals surface area contributed by atoms with Crippen molar-refractivity contribution in [1.29, 1.82) is 0 Å². The lowest BCUT2D eigenvalue weighted by Gasteiger charge is -2.45. The van der Waals surface area contributed by atoms with Gasteiger partial charge in [0.1, 0.15) is 11.2 Å². The van der Waals surface area contributed by atoms with E-state index in [1.54, 1.807) is 0 Å². The van der Waals surface area contributed by atoms with Gasteiger partial charge >= 0.3 is 0 Å². The van der Waals surface area contributed by atoms with Gasteiger partial charge in [-0.05, 0) is 121 Å². The fourth-order valence-corrected chi connectivity index (χ4v) is 9.36. The van der Waals surface area contributed by atoms with Gasteiger partial charge in [-0.1, -0.05) is 147 Å². The number of fused-ring (bicyclic) bond motifs is 7. The number of nitrogens with zero attached hydrogens (tertiary/aromatic N) is 2. The zero-order chi connectivity index (χ0) is 40.3. The molecular formula is C54H51BN2O. The number of rotatable bonds is 3. The maximum absolute atomic E-state index is 6.36. The standard InChI is InChI=1S/C54H51BN2O/c1-52(2,3)35-23-27-38(28-24-35)56-44-30-26-36(53(4,5)6)32-43(44)55-42-29-25-37(54(7,8)9)33-47(42)57(46-20-14-19-45(56)51(46)55)39-16-12-15-34(31-39)40-18-13-22-49-50(40)41-17-10-11-21-48(41)58-49/h10-33H,1-9H3. The Morgan fingerprint density at radius 1 is 0.431 bits per heavy atom. The molecule has 0 fully saturated rings. The minimum absolute atomic E-state index is 0.00273. The quantitative estimate of drug-likeness (QED) is 0.168. The van der Waals surface area contributed by atoms with E-state index in [0.29, 0.717) is 0 Å². The zero-order valence-electron chi connectivity index (χ0n) is 35.2. The molecule has 0 saturated carbocycles. The summed E-state index contributed by atoms with van der Waals surface area (Å²) in [5, 5.41) is 2.29. The molecular weight excluding hydrogens is 703 g/mol. The van der Waals surface area contributed by atoms with Gasteiger partial charge in [-0.25, -0.2) is 0 Å². The van der Waals surface area contributed by atoms with Crippen LogP contribution in [0.4, 0.5) is 34.1 Å². The summed E-state index contributed by atoms with van der Waals surface area (Å²) in [6.07, 6.45) is 0. The number of hydrogen-bond donors (Lipinski definition) is 0. The van der Waals surface area contributed by atoms with Crippen LogP contribution in [0.15, 0.2) is 150 Å². The van der Waals surface area contributed by atoms with Crippen molar-refractivity contribution in [3.63, 3.8) is 0 Å². The Morgan fingerprint density at radius 3 is 1.76 bits per heavy atom. The molecule has 2 aliphatic rings. The van der Waals surface area contributed by atoms with Gasteiger partial charge in [-0.3, -0.25) is 0 Å². The Hall–Kier alpha value is -6.00. The first-order valence-corrected chi connectivity index (χ1v) is 20.8. The average molecular weight is 755 g/mol. The maximum atomic E-state index is 6.36. The normalized spacial score (nSPS) is 13.8. The van der Waals surface area contributed by atoms with Gasteiger partial charge in [0.25, 0.3) is 6.71 Å². The van der Waals surface area contributed by atoms with Gasteiger partial charge < -0.3 is 14.2 Å². The Balaban J connectivity index is 1.24. The highest BCUT2D eigenvalue weighted by atomic mass is 16.3. The molecule has 0 amide bonds. The molecule has 3 heterocycles. The smallest absolute Gasteiger partial charge is 0.252 e. The van der Waals surface area contributed by atoms with Gasteiger partial charge in [0.2, 0.25) is 0 Å². The highest BCUT2D eigenvalue weighted by molar-refractivity contribution is 7.00. The molecule has 3 nitrogen and oxygen atoms in total. The third-order valence-electron chi connectivity index (χ3n) is 12.5. The predicted molar refractivity (Wildman–Crippen MR) is 249 cm³/mol. The van der Waals surface area contributed by atoms with Crippen molar-refractivity contribution in [1.82, 2.24) is 0 Å². The lowest BCUT2D eigenvalue weighted by atomic mass is 9.33. The van der Waals surface area contributed by atoms with Crippen LogP contribution in [0.25, 0.3) is 33.1 Å². The summed E-state index contributed by atoms with van der Waals surface area (Å²) in [5.41, 5.74) is 19.4. The van der Waals surface area contributed by atoms with E-state index in [1.165, 1.54) is 67.1 Å². The van der Waals surface area contributed by atoms with Gasteiger partial charge in [-0.15, -0.1) is 0 Å². The molecule has 0 spiro atoms. The van der Waals surface area contributed by atoms with Gasteiger partial charge in [-0.2, -0.15) is 0 Å². The third kappa shape index (κ3) is 5.71. The number of furan rings is 1. The Bertz CT molecular complexity index is 2920. The first-order valence-electron chi connectivity index (χ1n) is 20.8. The molecule has 8 aromatic rings. The molecule has 0 radical (unpaired) electrons. The van der Waals surface area contributed by atoms with Gasteiger partial charge in [0.05, 0.1) is 0 Å². The average Bonchev–Trinajstić information content (AvgIpc) is 3.58. The zero-order valence-corrected chi connectivity index (χ0v) is 35.2. The molecule has 0 aliphatic carbocycles. The van der Waals surface area contributed by atoms with Crippen molar-refractivity contribution in [3.05, 3.63) is 162 Å². The predicted octanol–water partition coefficient (Wildman–Crippen LogP) is 13.2. The minimum Gasteiger partial charge on any atom is -0.456 e. The summed E-state index contributed by atoms with van der Waals surface area (Å²) in [7, 11) is 0. The fourth-order valence-electron chi connectivity index (χ4n) is 9.36. The van der Waals surface area contributed by atoms with E-state index in [0.717, 1.165) is 33.2 Å². The van der Waals surface area contributed by atoms with Crippen LogP contribution in [0.1, 0.15) is 79.0 Å². The van der Waals surface area contributed by atoms with Crippen molar-refractivity contribution in [3.8, 4) is 11.1 Å². The lowest BCUT2D eigenvalue weighted by molar-refractivity contribution is 0.590. The topological polar surface area (TPSA) is 19.6 Å². The summed E-state index contributed by atoms with van der Waals surface area (Å²) < 4.78 is 6.36. The highest BCUT2D eigenvalue weighted by Crippen LogP contribution is 2.46.